The van der Waals surface area contributed by atoms with E-state index in [0.29, 0.717) is 36.7 Å². The summed E-state index contributed by atoms with van der Waals surface area (Å²) < 4.78 is 24.2. The maximum atomic E-state index is 10.7. The van der Waals surface area contributed by atoms with Crippen molar-refractivity contribution in [1.29, 1.82) is 0 Å². The summed E-state index contributed by atoms with van der Waals surface area (Å²) in [6.07, 6.45) is 3.24. The highest BCUT2D eigenvalue weighted by Crippen LogP contribution is 2.53. The number of hydrogen-bond donors (Lipinski definition) is 1. The van der Waals surface area contributed by atoms with Crippen molar-refractivity contribution in [3.8, 4) is 11.5 Å². The lowest BCUT2D eigenvalue weighted by atomic mass is 9.61. The maximum Gasteiger partial charge on any atom is 0.205 e. The molecule has 28 heavy (non-hydrogen) atoms. The van der Waals surface area contributed by atoms with E-state index in [1.807, 2.05) is 31.2 Å². The Balaban J connectivity index is 1.54. The summed E-state index contributed by atoms with van der Waals surface area (Å²) >= 11 is 0. The Kier molecular flexibility index (Phi) is 5.60. The van der Waals surface area contributed by atoms with E-state index >= 15 is 0 Å². The summed E-state index contributed by atoms with van der Waals surface area (Å²) in [5, 5.41) is 10.7. The molecule has 1 N–H and O–H groups in total. The number of aliphatic hydroxyl groups is 1. The summed E-state index contributed by atoms with van der Waals surface area (Å²) in [6, 6.07) is 7.67. The average molecular weight is 391 g/mol. The van der Waals surface area contributed by atoms with Crippen LogP contribution in [-0.2, 0) is 9.47 Å². The lowest BCUT2D eigenvalue weighted by Gasteiger charge is -2.51. The second-order valence-corrected chi connectivity index (χ2v) is 9.05. The first kappa shape index (κ1) is 20.0. The molecule has 0 aromatic heterocycles. The quantitative estimate of drug-likeness (QED) is 0.815. The van der Waals surface area contributed by atoms with Crippen LogP contribution in [0.15, 0.2) is 24.3 Å². The van der Waals surface area contributed by atoms with Gasteiger partial charge in [-0.3, -0.25) is 0 Å². The highest BCUT2D eigenvalue weighted by Gasteiger charge is 2.54. The molecule has 1 aromatic carbocycles. The molecule has 5 nitrogen and oxygen atoms in total. The first-order valence-electron chi connectivity index (χ1n) is 10.8. The van der Waals surface area contributed by atoms with Gasteiger partial charge in [0.15, 0.2) is 12.1 Å². The topological polar surface area (TPSA) is 57.2 Å². The van der Waals surface area contributed by atoms with Crippen LogP contribution in [0, 0.1) is 29.6 Å². The number of hydrogen-bond acceptors (Lipinski definition) is 5. The molecule has 1 aliphatic carbocycles. The predicted octanol–water partition coefficient (Wildman–Crippen LogP) is 4.58. The van der Waals surface area contributed by atoms with Crippen LogP contribution < -0.4 is 9.47 Å². The summed E-state index contributed by atoms with van der Waals surface area (Å²) in [5.74, 6) is 2.71. The van der Waals surface area contributed by atoms with E-state index in [2.05, 4.69) is 13.8 Å². The van der Waals surface area contributed by atoms with Gasteiger partial charge < -0.3 is 24.1 Å². The van der Waals surface area contributed by atoms with Gasteiger partial charge in [0, 0.05) is 18.3 Å². The molecule has 8 atom stereocenters. The molecule has 1 aromatic rings. The Morgan fingerprint density at radius 2 is 1.79 bits per heavy atom. The smallest absolute Gasteiger partial charge is 0.205 e. The molecular weight excluding hydrogens is 356 g/mol. The minimum atomic E-state index is -1.14. The molecular formula is C23H34O5. The maximum absolute atomic E-state index is 10.7. The molecule has 5 unspecified atom stereocenters. The van der Waals surface area contributed by atoms with Gasteiger partial charge in [0.05, 0.1) is 6.61 Å². The zero-order valence-corrected chi connectivity index (χ0v) is 17.5. The van der Waals surface area contributed by atoms with Crippen molar-refractivity contribution in [2.45, 2.75) is 71.7 Å². The van der Waals surface area contributed by atoms with E-state index in [1.54, 1.807) is 6.92 Å². The summed E-state index contributed by atoms with van der Waals surface area (Å²) in [5.41, 5.74) is 0. The zero-order chi connectivity index (χ0) is 19.9. The molecule has 5 heteroatoms. The third kappa shape index (κ3) is 3.89. The van der Waals surface area contributed by atoms with Crippen LogP contribution in [0.4, 0.5) is 0 Å². The van der Waals surface area contributed by atoms with Gasteiger partial charge in [0.2, 0.25) is 6.29 Å². The lowest BCUT2D eigenvalue weighted by Crippen LogP contribution is -2.55. The van der Waals surface area contributed by atoms with E-state index in [-0.39, 0.29) is 12.2 Å². The highest BCUT2D eigenvalue weighted by molar-refractivity contribution is 5.31. The zero-order valence-electron chi connectivity index (χ0n) is 17.5. The third-order valence-corrected chi connectivity index (χ3v) is 7.06. The van der Waals surface area contributed by atoms with Gasteiger partial charge in [-0.05, 0) is 68.7 Å². The predicted molar refractivity (Wildman–Crippen MR) is 106 cm³/mol. The summed E-state index contributed by atoms with van der Waals surface area (Å²) in [7, 11) is 0. The molecule has 3 aliphatic rings. The largest absolute Gasteiger partial charge is 0.494 e. The molecule has 3 fully saturated rings. The van der Waals surface area contributed by atoms with Crippen molar-refractivity contribution in [1.82, 2.24) is 0 Å². The monoisotopic (exact) mass is 390 g/mol. The molecule has 156 valence electrons. The molecule has 0 spiro atoms. The van der Waals surface area contributed by atoms with Crippen molar-refractivity contribution in [3.05, 3.63) is 24.3 Å². The van der Waals surface area contributed by atoms with Crippen LogP contribution in [-0.4, -0.2) is 30.1 Å². The van der Waals surface area contributed by atoms with Crippen molar-refractivity contribution in [2.75, 3.05) is 6.61 Å². The molecule has 1 saturated carbocycles. The molecule has 2 heterocycles. The van der Waals surface area contributed by atoms with Gasteiger partial charge >= 0.3 is 0 Å². The van der Waals surface area contributed by atoms with Crippen LogP contribution >= 0.6 is 0 Å². The van der Waals surface area contributed by atoms with Gasteiger partial charge in [-0.25, -0.2) is 0 Å². The lowest BCUT2D eigenvalue weighted by molar-refractivity contribution is -0.358. The molecule has 2 saturated heterocycles. The molecule has 0 radical (unpaired) electrons. The highest BCUT2D eigenvalue weighted by atomic mass is 16.8. The van der Waals surface area contributed by atoms with Gasteiger partial charge in [0.1, 0.15) is 11.5 Å². The van der Waals surface area contributed by atoms with E-state index in [9.17, 15) is 5.11 Å². The van der Waals surface area contributed by atoms with Crippen LogP contribution in [0.1, 0.15) is 53.4 Å². The number of benzene rings is 1. The van der Waals surface area contributed by atoms with E-state index in [4.69, 9.17) is 18.9 Å². The van der Waals surface area contributed by atoms with Crippen molar-refractivity contribution in [3.63, 3.8) is 0 Å². The Labute approximate surface area is 168 Å². The fraction of sp³-hybridized carbons (Fsp3) is 0.739. The van der Waals surface area contributed by atoms with E-state index < -0.39 is 12.1 Å². The normalized spacial score (nSPS) is 43.0. The fourth-order valence-corrected chi connectivity index (χ4v) is 5.50. The minimum absolute atomic E-state index is 0.273. The molecule has 2 aliphatic heterocycles. The number of ether oxygens (including phenoxy) is 4. The second-order valence-electron chi connectivity index (χ2n) is 9.05. The first-order valence-corrected chi connectivity index (χ1v) is 10.8. The second kappa shape index (κ2) is 7.85. The third-order valence-electron chi connectivity index (χ3n) is 7.06. The molecule has 4 rings (SSSR count). The van der Waals surface area contributed by atoms with Crippen molar-refractivity contribution >= 4 is 0 Å². The standard InChI is InChI=1S/C23H34O5/c1-5-25-16-7-9-17(10-8-16)26-21-15(3)19-11-6-14(2)18-12-13-23(4,24)28-22(27-21)20(18)19/h7-10,14-15,18-22,24H,5-6,11-13H2,1-4H3/t14-,15-,18?,19?,20?,21?,22-,23?/m1/s1. The van der Waals surface area contributed by atoms with Gasteiger partial charge in [-0.2, -0.15) is 0 Å². The Hall–Kier alpha value is -1.30. The van der Waals surface area contributed by atoms with Crippen molar-refractivity contribution < 1.29 is 24.1 Å². The van der Waals surface area contributed by atoms with Gasteiger partial charge in [-0.1, -0.05) is 20.3 Å². The Morgan fingerprint density at radius 3 is 2.50 bits per heavy atom. The fourth-order valence-electron chi connectivity index (χ4n) is 5.50. The van der Waals surface area contributed by atoms with E-state index in [0.717, 1.165) is 24.3 Å². The summed E-state index contributed by atoms with van der Waals surface area (Å²) in [4.78, 5) is 0. The Morgan fingerprint density at radius 1 is 1.07 bits per heavy atom. The van der Waals surface area contributed by atoms with E-state index in [1.165, 1.54) is 6.42 Å². The molecule has 0 amide bonds. The van der Waals surface area contributed by atoms with Gasteiger partial charge in [0.25, 0.3) is 0 Å². The number of rotatable bonds is 4. The summed E-state index contributed by atoms with van der Waals surface area (Å²) in [6.45, 7) is 8.94. The van der Waals surface area contributed by atoms with Crippen LogP contribution in [0.3, 0.4) is 0 Å². The van der Waals surface area contributed by atoms with Crippen molar-refractivity contribution in [2.24, 2.45) is 29.6 Å². The van der Waals surface area contributed by atoms with Gasteiger partial charge in [-0.15, -0.1) is 0 Å². The van der Waals surface area contributed by atoms with Crippen LogP contribution in [0.25, 0.3) is 0 Å². The average Bonchev–Trinajstić information content (AvgIpc) is 2.79. The minimum Gasteiger partial charge on any atom is -0.494 e. The SMILES string of the molecule is CCOc1ccc(OC2O[C@@H]3OC(C)(O)CCC4C3C(CC[C@H]4C)[C@H]2C)cc1. The molecule has 0 bridgehead atoms. The van der Waals surface area contributed by atoms with Crippen LogP contribution in [0.5, 0.6) is 11.5 Å². The van der Waals surface area contributed by atoms with Crippen LogP contribution in [0.2, 0.25) is 0 Å². The first-order chi connectivity index (χ1) is 13.4. The Bertz CT molecular complexity index is 657.